The zero-order valence-electron chi connectivity index (χ0n) is 11.7. The predicted molar refractivity (Wildman–Crippen MR) is 76.5 cm³/mol. The van der Waals surface area contributed by atoms with Gasteiger partial charge < -0.3 is 15.2 Å². The monoisotopic (exact) mass is 264 g/mol. The van der Waals surface area contributed by atoms with Crippen LogP contribution in [-0.2, 0) is 6.54 Å². The Kier molecular flexibility index (Phi) is 4.04. The summed E-state index contributed by atoms with van der Waals surface area (Å²) in [5, 5.41) is 0. The lowest BCUT2D eigenvalue weighted by atomic mass is 10.3. The molecule has 2 rings (SSSR count). The molecule has 0 saturated heterocycles. The van der Waals surface area contributed by atoms with E-state index in [0.717, 1.165) is 30.5 Å². The summed E-state index contributed by atoms with van der Waals surface area (Å²) in [5.74, 6) is 0.195. The highest BCUT2D eigenvalue weighted by Gasteiger charge is 2.09. The van der Waals surface area contributed by atoms with Gasteiger partial charge in [0.2, 0.25) is 5.95 Å². The Morgan fingerprint density at radius 3 is 2.84 bits per heavy atom. The number of anilines is 1. The summed E-state index contributed by atoms with van der Waals surface area (Å²) in [6.07, 6.45) is 0.959. The number of hydrogen-bond acceptors (Lipinski definition) is 3. The van der Waals surface area contributed by atoms with Gasteiger partial charge in [0.15, 0.2) is 0 Å². The molecule has 2 N–H and O–H groups in total. The van der Waals surface area contributed by atoms with Crippen LogP contribution in [0.1, 0.15) is 20.3 Å². The first-order valence-electron chi connectivity index (χ1n) is 6.60. The number of imidazole rings is 1. The molecule has 0 atom stereocenters. The van der Waals surface area contributed by atoms with Crippen molar-refractivity contribution < 1.29 is 4.39 Å². The number of rotatable bonds is 5. The Hall–Kier alpha value is -1.62. The Bertz CT molecular complexity index is 562. The number of nitrogens with two attached hydrogens (primary N) is 1. The minimum absolute atomic E-state index is 0.257. The minimum Gasteiger partial charge on any atom is -0.369 e. The van der Waals surface area contributed by atoms with Crippen molar-refractivity contribution in [2.45, 2.75) is 32.9 Å². The molecule has 0 bridgehead atoms. The molecule has 0 fully saturated rings. The largest absolute Gasteiger partial charge is 0.369 e. The fourth-order valence-electron chi connectivity index (χ4n) is 2.09. The lowest BCUT2D eigenvalue weighted by Crippen LogP contribution is -2.28. The SMILES string of the molecule is CC(C)N(C)CCCn1c(N)nc2ccc(F)cc21. The molecule has 4 nitrogen and oxygen atoms in total. The summed E-state index contributed by atoms with van der Waals surface area (Å²) in [4.78, 5) is 6.52. The van der Waals surface area contributed by atoms with E-state index in [1.54, 1.807) is 6.07 Å². The van der Waals surface area contributed by atoms with Crippen molar-refractivity contribution in [3.05, 3.63) is 24.0 Å². The van der Waals surface area contributed by atoms with E-state index in [2.05, 4.69) is 30.8 Å². The van der Waals surface area contributed by atoms with Crippen molar-refractivity contribution in [2.75, 3.05) is 19.3 Å². The number of aryl methyl sites for hydroxylation is 1. The number of hydrogen-bond donors (Lipinski definition) is 1. The van der Waals surface area contributed by atoms with Gasteiger partial charge in [0, 0.05) is 12.6 Å². The van der Waals surface area contributed by atoms with Crippen LogP contribution in [0, 0.1) is 5.82 Å². The topological polar surface area (TPSA) is 47.1 Å². The third kappa shape index (κ3) is 3.04. The van der Waals surface area contributed by atoms with Gasteiger partial charge in [0.1, 0.15) is 5.82 Å². The van der Waals surface area contributed by atoms with E-state index < -0.39 is 0 Å². The number of benzene rings is 1. The summed E-state index contributed by atoms with van der Waals surface area (Å²) in [6.45, 7) is 6.06. The van der Waals surface area contributed by atoms with Crippen LogP contribution < -0.4 is 5.73 Å². The average molecular weight is 264 g/mol. The minimum atomic E-state index is -0.257. The van der Waals surface area contributed by atoms with Crippen LogP contribution >= 0.6 is 0 Å². The maximum absolute atomic E-state index is 13.3. The molecular weight excluding hydrogens is 243 g/mol. The predicted octanol–water partition coefficient (Wildman–Crippen LogP) is 2.49. The number of aromatic nitrogens is 2. The third-order valence-electron chi connectivity index (χ3n) is 3.51. The Labute approximate surface area is 113 Å². The number of halogens is 1. The summed E-state index contributed by atoms with van der Waals surface area (Å²) < 4.78 is 15.2. The van der Waals surface area contributed by atoms with Crippen LogP contribution in [0.5, 0.6) is 0 Å². The molecule has 0 spiro atoms. The Morgan fingerprint density at radius 2 is 2.16 bits per heavy atom. The number of nitrogens with zero attached hydrogens (tertiary/aromatic N) is 3. The van der Waals surface area contributed by atoms with Crippen molar-refractivity contribution in [3.63, 3.8) is 0 Å². The van der Waals surface area contributed by atoms with Crippen LogP contribution in [0.2, 0.25) is 0 Å². The molecule has 0 amide bonds. The van der Waals surface area contributed by atoms with Crippen molar-refractivity contribution in [1.82, 2.24) is 14.5 Å². The van der Waals surface area contributed by atoms with Gasteiger partial charge in [-0.3, -0.25) is 0 Å². The molecule has 0 aliphatic rings. The first-order valence-corrected chi connectivity index (χ1v) is 6.60. The van der Waals surface area contributed by atoms with Gasteiger partial charge in [-0.15, -0.1) is 0 Å². The maximum atomic E-state index is 13.3. The lowest BCUT2D eigenvalue weighted by Gasteiger charge is -2.21. The molecule has 0 unspecified atom stereocenters. The second-order valence-electron chi connectivity index (χ2n) is 5.18. The highest BCUT2D eigenvalue weighted by Crippen LogP contribution is 2.19. The third-order valence-corrected chi connectivity index (χ3v) is 3.51. The van der Waals surface area contributed by atoms with Crippen molar-refractivity contribution in [2.24, 2.45) is 0 Å². The van der Waals surface area contributed by atoms with Gasteiger partial charge in [0.05, 0.1) is 11.0 Å². The molecule has 1 heterocycles. The van der Waals surface area contributed by atoms with Gasteiger partial charge in [-0.25, -0.2) is 9.37 Å². The van der Waals surface area contributed by atoms with E-state index >= 15 is 0 Å². The lowest BCUT2D eigenvalue weighted by molar-refractivity contribution is 0.266. The van der Waals surface area contributed by atoms with Gasteiger partial charge >= 0.3 is 0 Å². The van der Waals surface area contributed by atoms with Crippen LogP contribution in [0.25, 0.3) is 11.0 Å². The quantitative estimate of drug-likeness (QED) is 0.902. The van der Waals surface area contributed by atoms with Crippen molar-refractivity contribution in [1.29, 1.82) is 0 Å². The van der Waals surface area contributed by atoms with Gasteiger partial charge in [-0.05, 0) is 52.1 Å². The van der Waals surface area contributed by atoms with E-state index in [1.807, 2.05) is 4.57 Å². The van der Waals surface area contributed by atoms with Crippen molar-refractivity contribution in [3.8, 4) is 0 Å². The first kappa shape index (κ1) is 13.8. The van der Waals surface area contributed by atoms with Crippen LogP contribution in [0.15, 0.2) is 18.2 Å². The van der Waals surface area contributed by atoms with Crippen molar-refractivity contribution >= 4 is 17.0 Å². The maximum Gasteiger partial charge on any atom is 0.201 e. The summed E-state index contributed by atoms with van der Waals surface area (Å²) in [5.41, 5.74) is 7.41. The Balaban J connectivity index is 2.12. The zero-order chi connectivity index (χ0) is 14.0. The highest BCUT2D eigenvalue weighted by molar-refractivity contribution is 5.78. The first-order chi connectivity index (χ1) is 8.99. The van der Waals surface area contributed by atoms with Crippen LogP contribution in [0.4, 0.5) is 10.3 Å². The summed E-state index contributed by atoms with van der Waals surface area (Å²) >= 11 is 0. The second-order valence-corrected chi connectivity index (χ2v) is 5.18. The fraction of sp³-hybridized carbons (Fsp3) is 0.500. The van der Waals surface area contributed by atoms with E-state index in [9.17, 15) is 4.39 Å². The summed E-state index contributed by atoms with van der Waals surface area (Å²) in [7, 11) is 2.10. The molecule has 1 aromatic heterocycles. The molecule has 5 heteroatoms. The molecule has 104 valence electrons. The molecule has 0 radical (unpaired) electrons. The van der Waals surface area contributed by atoms with Crippen LogP contribution in [-0.4, -0.2) is 34.1 Å². The Morgan fingerprint density at radius 1 is 1.42 bits per heavy atom. The molecule has 19 heavy (non-hydrogen) atoms. The molecule has 0 saturated carbocycles. The molecule has 1 aromatic carbocycles. The molecule has 2 aromatic rings. The van der Waals surface area contributed by atoms with Crippen LogP contribution in [0.3, 0.4) is 0 Å². The smallest absolute Gasteiger partial charge is 0.201 e. The molecule has 0 aliphatic carbocycles. The van der Waals surface area contributed by atoms with E-state index in [-0.39, 0.29) is 5.82 Å². The van der Waals surface area contributed by atoms with E-state index in [0.29, 0.717) is 12.0 Å². The number of fused-ring (bicyclic) bond motifs is 1. The fourth-order valence-corrected chi connectivity index (χ4v) is 2.09. The van der Waals surface area contributed by atoms with E-state index in [1.165, 1.54) is 12.1 Å². The highest BCUT2D eigenvalue weighted by atomic mass is 19.1. The standard InChI is InChI=1S/C14H21FN4/c1-10(2)18(3)7-4-8-19-13-9-11(15)5-6-12(13)17-14(19)16/h5-6,9-10H,4,7-8H2,1-3H3,(H2,16,17). The van der Waals surface area contributed by atoms with E-state index in [4.69, 9.17) is 5.73 Å². The average Bonchev–Trinajstić information content (AvgIpc) is 2.65. The molecular formula is C14H21FN4. The summed E-state index contributed by atoms with van der Waals surface area (Å²) in [6, 6.07) is 5.09. The van der Waals surface area contributed by atoms with Gasteiger partial charge in [-0.1, -0.05) is 0 Å². The van der Waals surface area contributed by atoms with Gasteiger partial charge in [0.25, 0.3) is 0 Å². The molecule has 0 aliphatic heterocycles. The second kappa shape index (κ2) is 5.57. The normalized spacial score (nSPS) is 11.9. The van der Waals surface area contributed by atoms with Gasteiger partial charge in [-0.2, -0.15) is 0 Å². The zero-order valence-corrected chi connectivity index (χ0v) is 11.7. The number of nitrogen functional groups attached to an aromatic ring is 1.